The number of hydrogen-bond donors (Lipinski definition) is 0. The summed E-state index contributed by atoms with van der Waals surface area (Å²) in [7, 11) is 1.64. The molecule has 0 saturated carbocycles. The van der Waals surface area contributed by atoms with Crippen LogP contribution in [-0.4, -0.2) is 7.11 Å². The summed E-state index contributed by atoms with van der Waals surface area (Å²) in [6, 6.07) is 24.7. The molecule has 0 N–H and O–H groups in total. The molecule has 4 rings (SSSR count). The highest BCUT2D eigenvalue weighted by molar-refractivity contribution is 5.86. The second-order valence-corrected chi connectivity index (χ2v) is 6.14. The lowest BCUT2D eigenvalue weighted by Crippen LogP contribution is -2.07. The minimum atomic E-state index is -0.0412. The summed E-state index contributed by atoms with van der Waals surface area (Å²) in [5.74, 6) is 1.37. The molecule has 3 heteroatoms. The maximum atomic E-state index is 13.1. The summed E-state index contributed by atoms with van der Waals surface area (Å²) in [6.45, 7) is 0. The second kappa shape index (κ2) is 7.34. The van der Waals surface area contributed by atoms with Gasteiger partial charge in [0.2, 0.25) is 5.43 Å². The smallest absolute Gasteiger partial charge is 0.200 e. The van der Waals surface area contributed by atoms with Gasteiger partial charge in [-0.05, 0) is 35.9 Å². The zero-order valence-corrected chi connectivity index (χ0v) is 14.9. The van der Waals surface area contributed by atoms with Crippen LogP contribution < -0.4 is 10.2 Å². The minimum Gasteiger partial charge on any atom is -0.497 e. The monoisotopic (exact) mass is 354 g/mol. The zero-order valence-electron chi connectivity index (χ0n) is 14.9. The fourth-order valence-corrected chi connectivity index (χ4v) is 3.01. The fraction of sp³-hybridized carbons (Fsp3) is 0.0417. The van der Waals surface area contributed by atoms with Gasteiger partial charge >= 0.3 is 0 Å². The summed E-state index contributed by atoms with van der Waals surface area (Å²) >= 11 is 0. The highest BCUT2D eigenvalue weighted by Crippen LogP contribution is 2.27. The maximum Gasteiger partial charge on any atom is 0.200 e. The largest absolute Gasteiger partial charge is 0.497 e. The molecule has 0 aliphatic rings. The predicted octanol–water partition coefficient (Wildman–Crippen LogP) is 5.64. The van der Waals surface area contributed by atoms with Gasteiger partial charge in [0, 0.05) is 5.56 Å². The normalized spacial score (nSPS) is 11.1. The highest BCUT2D eigenvalue weighted by atomic mass is 16.5. The van der Waals surface area contributed by atoms with Gasteiger partial charge in [0.1, 0.15) is 17.1 Å². The van der Waals surface area contributed by atoms with Gasteiger partial charge in [-0.3, -0.25) is 4.79 Å². The van der Waals surface area contributed by atoms with Crippen LogP contribution in [0.1, 0.15) is 11.1 Å². The average molecular weight is 354 g/mol. The van der Waals surface area contributed by atoms with E-state index >= 15 is 0 Å². The first-order valence-corrected chi connectivity index (χ1v) is 8.69. The number of rotatable bonds is 4. The lowest BCUT2D eigenvalue weighted by molar-refractivity contribution is 0.415. The molecule has 0 aliphatic carbocycles. The predicted molar refractivity (Wildman–Crippen MR) is 110 cm³/mol. The van der Waals surface area contributed by atoms with Crippen LogP contribution in [0.25, 0.3) is 34.4 Å². The van der Waals surface area contributed by atoms with Gasteiger partial charge in [-0.15, -0.1) is 0 Å². The first-order valence-electron chi connectivity index (χ1n) is 8.69. The van der Waals surface area contributed by atoms with E-state index in [1.165, 1.54) is 0 Å². The van der Waals surface area contributed by atoms with Crippen molar-refractivity contribution < 1.29 is 9.15 Å². The molecule has 0 unspecified atom stereocenters. The molecule has 1 aromatic heterocycles. The van der Waals surface area contributed by atoms with Gasteiger partial charge in [-0.1, -0.05) is 60.7 Å². The molecule has 4 aromatic rings. The molecule has 27 heavy (non-hydrogen) atoms. The molecule has 0 bridgehead atoms. The number of para-hydroxylation sites is 1. The van der Waals surface area contributed by atoms with Crippen molar-refractivity contribution in [3.8, 4) is 17.1 Å². The third kappa shape index (κ3) is 3.40. The van der Waals surface area contributed by atoms with Gasteiger partial charge in [-0.2, -0.15) is 0 Å². The summed E-state index contributed by atoms with van der Waals surface area (Å²) in [5.41, 5.74) is 2.93. The summed E-state index contributed by atoms with van der Waals surface area (Å²) in [5, 5.41) is 0.576. The minimum absolute atomic E-state index is 0.0412. The van der Waals surface area contributed by atoms with E-state index in [4.69, 9.17) is 9.15 Å². The van der Waals surface area contributed by atoms with E-state index in [-0.39, 0.29) is 5.43 Å². The SMILES string of the molecule is COc1ccc(/C=C/c2c(-c3ccccc3)oc3ccccc3c2=O)cc1. The van der Waals surface area contributed by atoms with Gasteiger partial charge in [0.25, 0.3) is 0 Å². The zero-order chi connectivity index (χ0) is 18.6. The summed E-state index contributed by atoms with van der Waals surface area (Å²) in [4.78, 5) is 13.1. The fourth-order valence-electron chi connectivity index (χ4n) is 3.01. The third-order valence-corrected chi connectivity index (χ3v) is 4.43. The van der Waals surface area contributed by atoms with Crippen LogP contribution >= 0.6 is 0 Å². The second-order valence-electron chi connectivity index (χ2n) is 6.14. The van der Waals surface area contributed by atoms with Crippen LogP contribution in [0.4, 0.5) is 0 Å². The van der Waals surface area contributed by atoms with Crippen molar-refractivity contribution in [1.82, 2.24) is 0 Å². The van der Waals surface area contributed by atoms with E-state index in [0.29, 0.717) is 22.3 Å². The number of hydrogen-bond acceptors (Lipinski definition) is 3. The van der Waals surface area contributed by atoms with E-state index in [2.05, 4.69) is 0 Å². The standard InChI is InChI=1S/C24H18O3/c1-26-19-14-11-17(12-15-19)13-16-21-23(25)20-9-5-6-10-22(20)27-24(21)18-7-3-2-4-8-18/h2-16H,1H3/b16-13+. The van der Waals surface area contributed by atoms with Gasteiger partial charge in [0.15, 0.2) is 0 Å². The number of benzene rings is 3. The van der Waals surface area contributed by atoms with E-state index < -0.39 is 0 Å². The molecule has 0 atom stereocenters. The quantitative estimate of drug-likeness (QED) is 0.476. The molecule has 1 heterocycles. The van der Waals surface area contributed by atoms with Crippen molar-refractivity contribution in [2.24, 2.45) is 0 Å². The number of methoxy groups -OCH3 is 1. The Hall–Kier alpha value is -3.59. The van der Waals surface area contributed by atoms with Crippen molar-refractivity contribution in [3.05, 3.63) is 100 Å². The van der Waals surface area contributed by atoms with Crippen molar-refractivity contribution in [1.29, 1.82) is 0 Å². The van der Waals surface area contributed by atoms with Crippen LogP contribution in [-0.2, 0) is 0 Å². The van der Waals surface area contributed by atoms with Gasteiger partial charge < -0.3 is 9.15 Å². The Kier molecular flexibility index (Phi) is 4.58. The Morgan fingerprint density at radius 1 is 0.815 bits per heavy atom. The molecule has 132 valence electrons. The molecule has 0 fully saturated rings. The van der Waals surface area contributed by atoms with Crippen LogP contribution in [0.2, 0.25) is 0 Å². The van der Waals surface area contributed by atoms with Gasteiger partial charge in [0.05, 0.1) is 18.1 Å². The van der Waals surface area contributed by atoms with Crippen LogP contribution in [0, 0.1) is 0 Å². The first kappa shape index (κ1) is 16.9. The molecule has 0 amide bonds. The Morgan fingerprint density at radius 3 is 2.26 bits per heavy atom. The van der Waals surface area contributed by atoms with Crippen LogP contribution in [0.15, 0.2) is 88.1 Å². The lowest BCUT2D eigenvalue weighted by atomic mass is 10.0. The Balaban J connectivity index is 1.88. The first-order chi connectivity index (χ1) is 13.3. The van der Waals surface area contributed by atoms with Crippen molar-refractivity contribution in [3.63, 3.8) is 0 Å². The van der Waals surface area contributed by atoms with Gasteiger partial charge in [-0.25, -0.2) is 0 Å². The molecule has 3 nitrogen and oxygen atoms in total. The Bertz CT molecular complexity index is 1150. The molecule has 0 spiro atoms. The third-order valence-electron chi connectivity index (χ3n) is 4.43. The van der Waals surface area contributed by atoms with E-state index in [1.54, 1.807) is 13.2 Å². The summed E-state index contributed by atoms with van der Waals surface area (Å²) < 4.78 is 11.3. The van der Waals surface area contributed by atoms with Crippen molar-refractivity contribution in [2.75, 3.05) is 7.11 Å². The Morgan fingerprint density at radius 2 is 1.52 bits per heavy atom. The number of fused-ring (bicyclic) bond motifs is 1. The average Bonchev–Trinajstić information content (AvgIpc) is 2.74. The number of ether oxygens (including phenoxy) is 1. The molecule has 0 saturated heterocycles. The molecule has 0 aliphatic heterocycles. The summed E-state index contributed by atoms with van der Waals surface area (Å²) in [6.07, 6.45) is 3.73. The van der Waals surface area contributed by atoms with E-state index in [9.17, 15) is 4.79 Å². The van der Waals surface area contributed by atoms with E-state index in [0.717, 1.165) is 16.9 Å². The van der Waals surface area contributed by atoms with Crippen molar-refractivity contribution in [2.45, 2.75) is 0 Å². The van der Waals surface area contributed by atoms with E-state index in [1.807, 2.05) is 84.9 Å². The van der Waals surface area contributed by atoms with Crippen LogP contribution in [0.5, 0.6) is 5.75 Å². The topological polar surface area (TPSA) is 39.4 Å². The van der Waals surface area contributed by atoms with Crippen molar-refractivity contribution >= 4 is 23.1 Å². The Labute approximate surface area is 157 Å². The molecular weight excluding hydrogens is 336 g/mol. The lowest BCUT2D eigenvalue weighted by Gasteiger charge is -2.07. The molecule has 3 aromatic carbocycles. The highest BCUT2D eigenvalue weighted by Gasteiger charge is 2.13. The molecule has 0 radical (unpaired) electrons. The van der Waals surface area contributed by atoms with Crippen LogP contribution in [0.3, 0.4) is 0 Å². The molecular formula is C24H18O3. The maximum absolute atomic E-state index is 13.1.